The van der Waals surface area contributed by atoms with E-state index in [0.717, 1.165) is 38.6 Å². The van der Waals surface area contributed by atoms with Gasteiger partial charge < -0.3 is 26.6 Å². The van der Waals surface area contributed by atoms with Crippen LogP contribution in [0.5, 0.6) is 0 Å². The number of aromatic nitrogens is 1. The zero-order chi connectivity index (χ0) is 29.0. The summed E-state index contributed by atoms with van der Waals surface area (Å²) in [7, 11) is -3.81. The van der Waals surface area contributed by atoms with Crippen molar-refractivity contribution < 1.29 is 27.6 Å². The van der Waals surface area contributed by atoms with Gasteiger partial charge >= 0.3 is 0 Å². The molecule has 1 heterocycles. The van der Waals surface area contributed by atoms with E-state index >= 15 is 0 Å². The van der Waals surface area contributed by atoms with E-state index in [-0.39, 0.29) is 43.2 Å². The second kappa shape index (κ2) is 19.5. The third-order valence-corrected chi connectivity index (χ3v) is 5.67. The van der Waals surface area contributed by atoms with Crippen molar-refractivity contribution >= 4 is 33.5 Å². The summed E-state index contributed by atoms with van der Waals surface area (Å²) < 4.78 is 23.5. The zero-order valence-electron chi connectivity index (χ0n) is 22.5. The number of nitriles is 1. The van der Waals surface area contributed by atoms with Crippen molar-refractivity contribution in [3.05, 3.63) is 23.4 Å². The monoisotopic (exact) mass is 553 g/mol. The van der Waals surface area contributed by atoms with Gasteiger partial charge in [0, 0.05) is 25.8 Å². The Morgan fingerprint density at radius 2 is 1.47 bits per heavy atom. The lowest BCUT2D eigenvalue weighted by atomic mass is 10.2. The summed E-state index contributed by atoms with van der Waals surface area (Å²) in [6.07, 6.45) is 3.72. The van der Waals surface area contributed by atoms with Crippen LogP contribution in [0.25, 0.3) is 0 Å². The van der Waals surface area contributed by atoms with E-state index in [4.69, 9.17) is 5.26 Å². The molecule has 0 aromatic carbocycles. The van der Waals surface area contributed by atoms with E-state index in [1.54, 1.807) is 6.07 Å². The molecule has 0 saturated carbocycles. The van der Waals surface area contributed by atoms with Gasteiger partial charge in [-0.1, -0.05) is 27.2 Å². The van der Waals surface area contributed by atoms with Gasteiger partial charge in [0.15, 0.2) is 14.9 Å². The van der Waals surface area contributed by atoms with Crippen LogP contribution in [0.4, 0.5) is 0 Å². The molecule has 13 nitrogen and oxygen atoms in total. The summed E-state index contributed by atoms with van der Waals surface area (Å²) >= 11 is 0. The smallest absolute Gasteiger partial charge is 0.269 e. The molecule has 1 aromatic rings. The van der Waals surface area contributed by atoms with E-state index in [1.165, 1.54) is 12.1 Å². The lowest BCUT2D eigenvalue weighted by molar-refractivity contribution is -0.127. The fourth-order valence-electron chi connectivity index (χ4n) is 2.75. The Morgan fingerprint density at radius 1 is 0.868 bits per heavy atom. The molecule has 14 heteroatoms. The molecule has 0 radical (unpaired) electrons. The molecule has 0 spiro atoms. The van der Waals surface area contributed by atoms with Crippen molar-refractivity contribution in [2.24, 2.45) is 0 Å². The Kier molecular flexibility index (Phi) is 17.7. The number of nitrogens with zero attached hydrogens (tertiary/aromatic N) is 2. The molecule has 1 rings (SSSR count). The molecule has 0 unspecified atom stereocenters. The average Bonchev–Trinajstić information content (AvgIpc) is 2.90. The van der Waals surface area contributed by atoms with E-state index in [0.29, 0.717) is 6.54 Å². The van der Waals surface area contributed by atoms with E-state index in [2.05, 4.69) is 38.5 Å². The lowest BCUT2D eigenvalue weighted by Crippen LogP contribution is -2.42. The molecule has 38 heavy (non-hydrogen) atoms. The Balaban J connectivity index is 0.00000667. The maximum absolute atomic E-state index is 12.2. The van der Waals surface area contributed by atoms with Crippen LogP contribution in [0.2, 0.25) is 0 Å². The number of nitrogens with one attached hydrogen (secondary N) is 5. The van der Waals surface area contributed by atoms with Crippen LogP contribution in [-0.4, -0.2) is 82.6 Å². The molecule has 0 aliphatic heterocycles. The van der Waals surface area contributed by atoms with Crippen molar-refractivity contribution in [1.29, 1.82) is 5.26 Å². The zero-order valence-corrected chi connectivity index (χ0v) is 23.3. The first kappa shape index (κ1) is 34.4. The molecule has 0 atom stereocenters. The first-order valence-electron chi connectivity index (χ1n) is 12.5. The van der Waals surface area contributed by atoms with Gasteiger partial charge in [-0.3, -0.25) is 19.2 Å². The minimum Gasteiger partial charge on any atom is -0.355 e. The summed E-state index contributed by atoms with van der Waals surface area (Å²) in [6.45, 7) is 7.70. The lowest BCUT2D eigenvalue weighted by Gasteiger charge is -2.09. The quantitative estimate of drug-likeness (QED) is 0.169. The number of rotatable bonds is 16. The van der Waals surface area contributed by atoms with Crippen molar-refractivity contribution in [2.45, 2.75) is 51.5 Å². The number of hydrogen-bond acceptors (Lipinski definition) is 9. The maximum Gasteiger partial charge on any atom is 0.269 e. The van der Waals surface area contributed by atoms with E-state index in [1.807, 2.05) is 13.8 Å². The van der Waals surface area contributed by atoms with Gasteiger partial charge in [0.1, 0.15) is 11.8 Å². The minimum atomic E-state index is -3.81. The highest BCUT2D eigenvalue weighted by Gasteiger charge is 2.19. The summed E-state index contributed by atoms with van der Waals surface area (Å²) in [5.41, 5.74) is -0.403. The van der Waals surface area contributed by atoms with Crippen LogP contribution < -0.4 is 26.6 Å². The molecular weight excluding hydrogens is 514 g/mol. The summed E-state index contributed by atoms with van der Waals surface area (Å²) in [4.78, 5) is 51.3. The number of sulfone groups is 1. The minimum absolute atomic E-state index is 0.0993. The molecule has 5 N–H and O–H groups in total. The number of pyridine rings is 1. The van der Waals surface area contributed by atoms with Crippen molar-refractivity contribution in [3.8, 4) is 6.07 Å². The fourth-order valence-corrected chi connectivity index (χ4v) is 3.53. The van der Waals surface area contributed by atoms with Gasteiger partial charge in [-0.25, -0.2) is 13.4 Å². The molecule has 4 amide bonds. The number of hydrogen-bond donors (Lipinski definition) is 5. The number of unbranched alkanes of at least 4 members (excludes halogenated alkanes) is 1. The normalized spacial score (nSPS) is 10.3. The topological polar surface area (TPSA) is 199 Å². The highest BCUT2D eigenvalue weighted by atomic mass is 32.2. The highest BCUT2D eigenvalue weighted by molar-refractivity contribution is 7.90. The summed E-state index contributed by atoms with van der Waals surface area (Å²) in [5, 5.41) is 21.6. The molecular formula is C24H39N7O6S. The van der Waals surface area contributed by atoms with Gasteiger partial charge in [-0.2, -0.15) is 5.26 Å². The summed E-state index contributed by atoms with van der Waals surface area (Å²) in [5.74, 6) is -2.12. The second-order valence-corrected chi connectivity index (χ2v) is 9.73. The molecule has 0 saturated heterocycles. The van der Waals surface area contributed by atoms with Crippen molar-refractivity contribution in [3.63, 3.8) is 0 Å². The van der Waals surface area contributed by atoms with Gasteiger partial charge in [0.25, 0.3) is 5.91 Å². The summed E-state index contributed by atoms with van der Waals surface area (Å²) in [6, 6.07) is 4.08. The first-order chi connectivity index (χ1) is 18.1. The Hall–Kier alpha value is -3.57. The van der Waals surface area contributed by atoms with Crippen LogP contribution in [0.15, 0.2) is 17.2 Å². The van der Waals surface area contributed by atoms with Gasteiger partial charge in [0.2, 0.25) is 17.7 Å². The molecule has 0 fully saturated rings. The third kappa shape index (κ3) is 14.9. The maximum atomic E-state index is 12.2. The number of carbonyl (C=O) groups excluding carboxylic acids is 4. The average molecular weight is 554 g/mol. The van der Waals surface area contributed by atoms with Crippen molar-refractivity contribution in [2.75, 3.05) is 45.5 Å². The van der Waals surface area contributed by atoms with Crippen LogP contribution >= 0.6 is 0 Å². The van der Waals surface area contributed by atoms with Crippen LogP contribution in [-0.2, 0) is 24.2 Å². The standard InChI is InChI=1S/C22H33N7O6S.C2H6/c1-3-4-9-24-10-5-11-25-19(31)14-28-20(32)15-27-18(30)8-12-26-21(33)17-7-6-16(13-23)22(29-17)36(2,34)35;1-2/h6-7,24H,3-5,8-12,14-15H2,1-2H3,(H,25,31)(H,26,33)(H,27,30)(H,28,32);1-2H3. The Morgan fingerprint density at radius 3 is 2.08 bits per heavy atom. The number of amides is 4. The van der Waals surface area contributed by atoms with Crippen LogP contribution in [0, 0.1) is 11.3 Å². The predicted octanol–water partition coefficient (Wildman–Crippen LogP) is -0.369. The van der Waals surface area contributed by atoms with Gasteiger partial charge in [-0.15, -0.1) is 0 Å². The van der Waals surface area contributed by atoms with Crippen LogP contribution in [0.1, 0.15) is 62.5 Å². The molecule has 1 aromatic heterocycles. The number of carbonyl (C=O) groups is 4. The third-order valence-electron chi connectivity index (χ3n) is 4.65. The molecule has 0 aliphatic carbocycles. The first-order valence-corrected chi connectivity index (χ1v) is 14.4. The Labute approximate surface area is 224 Å². The van der Waals surface area contributed by atoms with Gasteiger partial charge in [-0.05, 0) is 38.1 Å². The fraction of sp³-hybridized carbons (Fsp3) is 0.583. The molecule has 0 aliphatic rings. The van der Waals surface area contributed by atoms with Gasteiger partial charge in [0.05, 0.1) is 18.7 Å². The van der Waals surface area contributed by atoms with E-state index in [9.17, 15) is 27.6 Å². The second-order valence-electron chi connectivity index (χ2n) is 7.80. The largest absolute Gasteiger partial charge is 0.355 e. The molecule has 0 bridgehead atoms. The SMILES string of the molecule is CC.CCCCNCCCNC(=O)CNC(=O)CNC(=O)CCNC(=O)c1ccc(C#N)c(S(C)(=O)=O)n1. The highest BCUT2D eigenvalue weighted by Crippen LogP contribution is 2.13. The van der Waals surface area contributed by atoms with Crippen LogP contribution in [0.3, 0.4) is 0 Å². The Bertz CT molecular complexity index is 1070. The van der Waals surface area contributed by atoms with E-state index < -0.39 is 32.6 Å². The predicted molar refractivity (Wildman–Crippen MR) is 142 cm³/mol. The molecule has 212 valence electrons. The van der Waals surface area contributed by atoms with Crippen molar-refractivity contribution in [1.82, 2.24) is 31.6 Å².